The lowest BCUT2D eigenvalue weighted by atomic mass is 9.88. The smallest absolute Gasteiger partial charge is 0.259 e. The van der Waals surface area contributed by atoms with Gasteiger partial charge >= 0.3 is 0 Å². The number of anilines is 1. The third-order valence-corrected chi connectivity index (χ3v) is 5.97. The Morgan fingerprint density at radius 1 is 1.25 bits per heavy atom. The lowest BCUT2D eigenvalue weighted by molar-refractivity contribution is 0.1000. The minimum absolute atomic E-state index is 0.191. The fourth-order valence-electron chi connectivity index (χ4n) is 2.98. The van der Waals surface area contributed by atoms with Crippen LogP contribution in [0.1, 0.15) is 44.5 Å². The van der Waals surface area contributed by atoms with Crippen molar-refractivity contribution in [1.29, 1.82) is 0 Å². The number of hydrogen-bond acceptors (Lipinski definition) is 3. The number of fused-ring (bicyclic) bond motifs is 1. The van der Waals surface area contributed by atoms with Crippen molar-refractivity contribution in [3.05, 3.63) is 49.8 Å². The molecule has 0 aliphatic heterocycles. The first-order valence-corrected chi connectivity index (χ1v) is 9.15. The average molecular weight is 383 g/mol. The van der Waals surface area contributed by atoms with Crippen LogP contribution in [-0.4, -0.2) is 11.8 Å². The molecule has 0 spiro atoms. The van der Waals surface area contributed by atoms with Crippen LogP contribution in [-0.2, 0) is 12.8 Å². The van der Waals surface area contributed by atoms with Crippen molar-refractivity contribution in [2.24, 2.45) is 11.7 Å². The van der Waals surface area contributed by atoms with Gasteiger partial charge in [-0.15, -0.1) is 11.3 Å². The summed E-state index contributed by atoms with van der Waals surface area (Å²) in [7, 11) is 0. The molecule has 0 bridgehead atoms. The average Bonchev–Trinajstić information content (AvgIpc) is 2.83. The molecule has 0 fully saturated rings. The number of primary amides is 1. The minimum atomic E-state index is -0.525. The third kappa shape index (κ3) is 3.16. The summed E-state index contributed by atoms with van der Waals surface area (Å²) in [5.41, 5.74) is 7.13. The molecule has 1 heterocycles. The van der Waals surface area contributed by atoms with Crippen molar-refractivity contribution < 1.29 is 9.59 Å². The van der Waals surface area contributed by atoms with E-state index in [9.17, 15) is 9.59 Å². The van der Waals surface area contributed by atoms with Crippen LogP contribution in [0.25, 0.3) is 0 Å². The Bertz CT molecular complexity index is 812. The molecule has 2 aromatic rings. The molecular formula is C17H16Cl2N2O2S. The predicted molar refractivity (Wildman–Crippen MR) is 98.4 cm³/mol. The number of nitrogens with one attached hydrogen (secondary N) is 1. The molecule has 1 aromatic carbocycles. The van der Waals surface area contributed by atoms with Gasteiger partial charge in [-0.1, -0.05) is 36.2 Å². The third-order valence-electron chi connectivity index (χ3n) is 4.17. The number of carbonyl (C=O) groups excluding carboxylic acids is 2. The highest BCUT2D eigenvalue weighted by atomic mass is 35.5. The van der Waals surface area contributed by atoms with Crippen molar-refractivity contribution in [1.82, 2.24) is 0 Å². The van der Waals surface area contributed by atoms with E-state index in [1.807, 2.05) is 0 Å². The largest absolute Gasteiger partial charge is 0.365 e. The number of carbonyl (C=O) groups is 2. The van der Waals surface area contributed by atoms with E-state index in [1.165, 1.54) is 11.3 Å². The summed E-state index contributed by atoms with van der Waals surface area (Å²) in [6.45, 7) is 2.17. The molecular weight excluding hydrogens is 367 g/mol. The first-order valence-electron chi connectivity index (χ1n) is 7.58. The van der Waals surface area contributed by atoms with Gasteiger partial charge < -0.3 is 11.1 Å². The second-order valence-corrected chi connectivity index (χ2v) is 7.89. The molecule has 1 atom stereocenters. The zero-order valence-electron chi connectivity index (χ0n) is 13.0. The number of thiophene rings is 1. The van der Waals surface area contributed by atoms with Gasteiger partial charge in [-0.05, 0) is 42.9 Å². The SMILES string of the molecule is C[C@H]1CCc2c(sc(NC(=O)c3c(Cl)cccc3Cl)c2C(N)=O)C1. The van der Waals surface area contributed by atoms with Crippen molar-refractivity contribution in [2.75, 3.05) is 5.32 Å². The Morgan fingerprint density at radius 2 is 1.92 bits per heavy atom. The number of nitrogens with two attached hydrogens (primary N) is 1. The van der Waals surface area contributed by atoms with Crippen molar-refractivity contribution in [2.45, 2.75) is 26.2 Å². The van der Waals surface area contributed by atoms with Gasteiger partial charge in [0, 0.05) is 4.88 Å². The molecule has 3 rings (SSSR count). The number of amides is 2. The second kappa shape index (κ2) is 6.75. The number of rotatable bonds is 3. The quantitative estimate of drug-likeness (QED) is 0.817. The van der Waals surface area contributed by atoms with Gasteiger partial charge in [-0.3, -0.25) is 9.59 Å². The van der Waals surface area contributed by atoms with E-state index in [-0.39, 0.29) is 15.6 Å². The first kappa shape index (κ1) is 17.3. The Kier molecular flexibility index (Phi) is 4.85. The maximum absolute atomic E-state index is 12.6. The van der Waals surface area contributed by atoms with E-state index in [4.69, 9.17) is 28.9 Å². The summed E-state index contributed by atoms with van der Waals surface area (Å²) in [5, 5.41) is 3.77. The van der Waals surface area contributed by atoms with Crippen LogP contribution in [0, 0.1) is 5.92 Å². The zero-order chi connectivity index (χ0) is 17.4. The molecule has 0 saturated carbocycles. The van der Waals surface area contributed by atoms with Crippen LogP contribution >= 0.6 is 34.5 Å². The molecule has 0 saturated heterocycles. The van der Waals surface area contributed by atoms with Crippen LogP contribution in [0.15, 0.2) is 18.2 Å². The van der Waals surface area contributed by atoms with Crippen LogP contribution in [0.5, 0.6) is 0 Å². The summed E-state index contributed by atoms with van der Waals surface area (Å²) in [4.78, 5) is 25.6. The molecule has 24 heavy (non-hydrogen) atoms. The fourth-order valence-corrected chi connectivity index (χ4v) is 4.96. The molecule has 0 radical (unpaired) electrons. The highest BCUT2D eigenvalue weighted by Gasteiger charge is 2.28. The van der Waals surface area contributed by atoms with Gasteiger partial charge in [0.25, 0.3) is 11.8 Å². The summed E-state index contributed by atoms with van der Waals surface area (Å²) in [5.74, 6) is -0.416. The van der Waals surface area contributed by atoms with Crippen LogP contribution < -0.4 is 11.1 Å². The van der Waals surface area contributed by atoms with Gasteiger partial charge in [0.15, 0.2) is 0 Å². The maximum atomic E-state index is 12.6. The van der Waals surface area contributed by atoms with Crippen molar-refractivity contribution in [3.8, 4) is 0 Å². The Morgan fingerprint density at radius 3 is 2.54 bits per heavy atom. The molecule has 7 heteroatoms. The summed E-state index contributed by atoms with van der Waals surface area (Å²) in [6, 6.07) is 4.86. The summed E-state index contributed by atoms with van der Waals surface area (Å²) in [6.07, 6.45) is 2.70. The lowest BCUT2D eigenvalue weighted by Gasteiger charge is -2.18. The highest BCUT2D eigenvalue weighted by molar-refractivity contribution is 7.17. The standard InChI is InChI=1S/C17H16Cl2N2O2S/c1-8-5-6-9-12(7-8)24-17(13(9)15(20)22)21-16(23)14-10(18)3-2-4-11(14)19/h2-4,8H,5-7H2,1H3,(H2,20,22)(H,21,23)/t8-/m0/s1. The molecule has 2 amide bonds. The van der Waals surface area contributed by atoms with E-state index < -0.39 is 11.8 Å². The Balaban J connectivity index is 1.98. The normalized spacial score (nSPS) is 16.5. The number of benzene rings is 1. The fraction of sp³-hybridized carbons (Fsp3) is 0.294. The van der Waals surface area contributed by atoms with E-state index in [0.29, 0.717) is 16.5 Å². The topological polar surface area (TPSA) is 72.2 Å². The minimum Gasteiger partial charge on any atom is -0.365 e. The van der Waals surface area contributed by atoms with E-state index in [1.54, 1.807) is 18.2 Å². The lowest BCUT2D eigenvalue weighted by Crippen LogP contribution is -2.19. The van der Waals surface area contributed by atoms with E-state index in [2.05, 4.69) is 12.2 Å². The van der Waals surface area contributed by atoms with E-state index >= 15 is 0 Å². The van der Waals surface area contributed by atoms with Crippen molar-refractivity contribution in [3.63, 3.8) is 0 Å². The molecule has 1 aliphatic carbocycles. The monoisotopic (exact) mass is 382 g/mol. The molecule has 3 N–H and O–H groups in total. The maximum Gasteiger partial charge on any atom is 0.259 e. The predicted octanol–water partition coefficient (Wildman–Crippen LogP) is 4.53. The van der Waals surface area contributed by atoms with Gasteiger partial charge in [-0.25, -0.2) is 0 Å². The molecule has 1 aromatic heterocycles. The molecule has 0 unspecified atom stereocenters. The number of hydrogen-bond donors (Lipinski definition) is 2. The first-order chi connectivity index (χ1) is 11.4. The molecule has 126 valence electrons. The summed E-state index contributed by atoms with van der Waals surface area (Å²) < 4.78 is 0. The van der Waals surface area contributed by atoms with Crippen LogP contribution in [0.2, 0.25) is 10.0 Å². The van der Waals surface area contributed by atoms with Crippen molar-refractivity contribution >= 4 is 51.4 Å². The highest BCUT2D eigenvalue weighted by Crippen LogP contribution is 2.40. The number of halogens is 2. The molecule has 1 aliphatic rings. The molecule has 4 nitrogen and oxygen atoms in total. The summed E-state index contributed by atoms with van der Waals surface area (Å²) >= 11 is 13.6. The van der Waals surface area contributed by atoms with Gasteiger partial charge in [0.05, 0.1) is 21.2 Å². The van der Waals surface area contributed by atoms with Crippen LogP contribution in [0.3, 0.4) is 0 Å². The Labute approximate surface area is 153 Å². The van der Waals surface area contributed by atoms with E-state index in [0.717, 1.165) is 29.7 Å². The van der Waals surface area contributed by atoms with Gasteiger partial charge in [0.1, 0.15) is 5.00 Å². The Hall–Kier alpha value is -1.56. The second-order valence-electron chi connectivity index (χ2n) is 5.97. The van der Waals surface area contributed by atoms with Crippen LogP contribution in [0.4, 0.5) is 5.00 Å². The van der Waals surface area contributed by atoms with Gasteiger partial charge in [-0.2, -0.15) is 0 Å². The van der Waals surface area contributed by atoms with Gasteiger partial charge in [0.2, 0.25) is 0 Å². The zero-order valence-corrected chi connectivity index (χ0v) is 15.3.